The molecule has 0 aromatic heterocycles. The van der Waals surface area contributed by atoms with Gasteiger partial charge in [-0.05, 0) is 36.1 Å². The Labute approximate surface area is 127 Å². The van der Waals surface area contributed by atoms with Gasteiger partial charge in [-0.25, -0.2) is 4.79 Å². The summed E-state index contributed by atoms with van der Waals surface area (Å²) in [6.45, 7) is 3.83. The fourth-order valence-electron chi connectivity index (χ4n) is 1.66. The Bertz CT molecular complexity index is 494. The number of benzene rings is 1. The lowest BCUT2D eigenvalue weighted by Crippen LogP contribution is -2.40. The fraction of sp³-hybridized carbons (Fsp3) is 0.333. The largest absolute Gasteiger partial charge is 0.480 e. The summed E-state index contributed by atoms with van der Waals surface area (Å²) >= 11 is 3.33. The van der Waals surface area contributed by atoms with Crippen LogP contribution in [0.5, 0.6) is 0 Å². The van der Waals surface area contributed by atoms with Crippen molar-refractivity contribution in [2.24, 2.45) is 5.92 Å². The van der Waals surface area contributed by atoms with Gasteiger partial charge in [-0.15, -0.1) is 0 Å². The van der Waals surface area contributed by atoms with Crippen molar-refractivity contribution in [1.29, 1.82) is 0 Å². The first kappa shape index (κ1) is 16.4. The summed E-state index contributed by atoms with van der Waals surface area (Å²) in [5.41, 5.74) is 0.874. The van der Waals surface area contributed by atoms with Gasteiger partial charge in [0.05, 0.1) is 0 Å². The number of amides is 1. The topological polar surface area (TPSA) is 66.4 Å². The smallest absolute Gasteiger partial charge is 0.326 e. The first-order valence-electron chi connectivity index (χ1n) is 6.35. The molecule has 0 radical (unpaired) electrons. The van der Waals surface area contributed by atoms with Gasteiger partial charge in [0.25, 0.3) is 0 Å². The SMILES string of the molecule is CC(C)C[C@H](NC(=O)/C=C/c1ccc(Br)cc1)C(=O)O. The summed E-state index contributed by atoms with van der Waals surface area (Å²) in [7, 11) is 0. The van der Waals surface area contributed by atoms with Crippen LogP contribution >= 0.6 is 15.9 Å². The maximum atomic E-state index is 11.7. The van der Waals surface area contributed by atoms with E-state index in [2.05, 4.69) is 21.2 Å². The normalized spacial score (nSPS) is 12.6. The van der Waals surface area contributed by atoms with Crippen LogP contribution in [0.2, 0.25) is 0 Å². The number of carbonyl (C=O) groups excluding carboxylic acids is 1. The van der Waals surface area contributed by atoms with Crippen LogP contribution in [0.25, 0.3) is 6.08 Å². The predicted molar refractivity (Wildman–Crippen MR) is 82.2 cm³/mol. The van der Waals surface area contributed by atoms with E-state index in [9.17, 15) is 9.59 Å². The van der Waals surface area contributed by atoms with E-state index in [0.29, 0.717) is 6.42 Å². The van der Waals surface area contributed by atoms with E-state index in [0.717, 1.165) is 10.0 Å². The van der Waals surface area contributed by atoms with Crippen LogP contribution < -0.4 is 5.32 Å². The average molecular weight is 340 g/mol. The molecule has 0 fully saturated rings. The number of carboxylic acids is 1. The first-order chi connectivity index (χ1) is 9.38. The van der Waals surface area contributed by atoms with Crippen LogP contribution in [0.4, 0.5) is 0 Å². The second kappa shape index (κ2) is 7.85. The minimum absolute atomic E-state index is 0.201. The second-order valence-corrected chi connectivity index (χ2v) is 5.83. The van der Waals surface area contributed by atoms with Crippen molar-refractivity contribution < 1.29 is 14.7 Å². The first-order valence-corrected chi connectivity index (χ1v) is 7.14. The maximum absolute atomic E-state index is 11.7. The van der Waals surface area contributed by atoms with Crippen molar-refractivity contribution in [2.75, 3.05) is 0 Å². The highest BCUT2D eigenvalue weighted by molar-refractivity contribution is 9.10. The van der Waals surface area contributed by atoms with Gasteiger partial charge in [0.15, 0.2) is 0 Å². The molecule has 0 saturated heterocycles. The van der Waals surface area contributed by atoms with Crippen molar-refractivity contribution in [3.05, 3.63) is 40.4 Å². The highest BCUT2D eigenvalue weighted by atomic mass is 79.9. The number of hydrogen-bond donors (Lipinski definition) is 2. The highest BCUT2D eigenvalue weighted by Gasteiger charge is 2.19. The van der Waals surface area contributed by atoms with Crippen LogP contribution in [0.1, 0.15) is 25.8 Å². The van der Waals surface area contributed by atoms with Crippen molar-refractivity contribution in [3.8, 4) is 0 Å². The highest BCUT2D eigenvalue weighted by Crippen LogP contribution is 2.11. The van der Waals surface area contributed by atoms with Gasteiger partial charge in [0.1, 0.15) is 6.04 Å². The number of nitrogens with one attached hydrogen (secondary N) is 1. The molecule has 0 bridgehead atoms. The number of rotatable bonds is 6. The quantitative estimate of drug-likeness (QED) is 0.782. The zero-order valence-corrected chi connectivity index (χ0v) is 13.1. The Kier molecular flexibility index (Phi) is 6.45. The van der Waals surface area contributed by atoms with Gasteiger partial charge in [0, 0.05) is 10.5 Å². The average Bonchev–Trinajstić information content (AvgIpc) is 2.36. The number of aliphatic carboxylic acids is 1. The van der Waals surface area contributed by atoms with Crippen molar-refractivity contribution in [2.45, 2.75) is 26.3 Å². The van der Waals surface area contributed by atoms with E-state index in [1.165, 1.54) is 6.08 Å². The number of carboxylic acid groups (broad SMARTS) is 1. The Morgan fingerprint density at radius 3 is 2.40 bits per heavy atom. The van der Waals surface area contributed by atoms with E-state index < -0.39 is 17.9 Å². The third-order valence-corrected chi connectivity index (χ3v) is 3.15. The molecule has 108 valence electrons. The summed E-state index contributed by atoms with van der Waals surface area (Å²) in [4.78, 5) is 22.7. The van der Waals surface area contributed by atoms with Crippen LogP contribution in [-0.4, -0.2) is 23.0 Å². The summed E-state index contributed by atoms with van der Waals surface area (Å²) in [6.07, 6.45) is 3.41. The van der Waals surface area contributed by atoms with Crippen LogP contribution in [0, 0.1) is 5.92 Å². The molecule has 1 atom stereocenters. The molecular formula is C15H18BrNO3. The Hall–Kier alpha value is -1.62. The monoisotopic (exact) mass is 339 g/mol. The zero-order valence-electron chi connectivity index (χ0n) is 11.5. The molecule has 4 nitrogen and oxygen atoms in total. The van der Waals surface area contributed by atoms with E-state index in [1.54, 1.807) is 6.08 Å². The van der Waals surface area contributed by atoms with Gasteiger partial charge < -0.3 is 10.4 Å². The van der Waals surface area contributed by atoms with Crippen LogP contribution in [-0.2, 0) is 9.59 Å². The summed E-state index contributed by atoms with van der Waals surface area (Å²) < 4.78 is 0.960. The molecule has 0 aliphatic carbocycles. The van der Waals surface area contributed by atoms with Crippen LogP contribution in [0.15, 0.2) is 34.8 Å². The molecular weight excluding hydrogens is 322 g/mol. The van der Waals surface area contributed by atoms with Crippen molar-refractivity contribution in [3.63, 3.8) is 0 Å². The van der Waals surface area contributed by atoms with Gasteiger partial charge >= 0.3 is 5.97 Å². The molecule has 1 aromatic rings. The molecule has 0 saturated carbocycles. The van der Waals surface area contributed by atoms with Crippen molar-refractivity contribution in [1.82, 2.24) is 5.32 Å². The lowest BCUT2D eigenvalue weighted by atomic mass is 10.0. The zero-order chi connectivity index (χ0) is 15.1. The molecule has 1 rings (SSSR count). The van der Waals surface area contributed by atoms with E-state index >= 15 is 0 Å². The number of halogens is 1. The maximum Gasteiger partial charge on any atom is 0.326 e. The van der Waals surface area contributed by atoms with E-state index in [-0.39, 0.29) is 5.92 Å². The lowest BCUT2D eigenvalue weighted by Gasteiger charge is -2.15. The van der Waals surface area contributed by atoms with Crippen molar-refractivity contribution >= 4 is 33.9 Å². The second-order valence-electron chi connectivity index (χ2n) is 4.91. The van der Waals surface area contributed by atoms with Gasteiger partial charge in [-0.1, -0.05) is 41.9 Å². The molecule has 2 N–H and O–H groups in total. The summed E-state index contributed by atoms with van der Waals surface area (Å²) in [5, 5.41) is 11.5. The van der Waals surface area contributed by atoms with Gasteiger partial charge in [-0.3, -0.25) is 4.79 Å². The third kappa shape index (κ3) is 6.02. The Morgan fingerprint density at radius 2 is 1.90 bits per heavy atom. The number of carbonyl (C=O) groups is 2. The van der Waals surface area contributed by atoms with E-state index in [4.69, 9.17) is 5.11 Å². The minimum atomic E-state index is -1.01. The summed E-state index contributed by atoms with van der Waals surface area (Å²) in [6, 6.07) is 6.61. The molecule has 1 aromatic carbocycles. The summed E-state index contributed by atoms with van der Waals surface area (Å²) in [5.74, 6) is -1.21. The molecule has 0 heterocycles. The van der Waals surface area contributed by atoms with Gasteiger partial charge in [0.2, 0.25) is 5.91 Å². The Morgan fingerprint density at radius 1 is 1.30 bits per heavy atom. The lowest BCUT2D eigenvalue weighted by molar-refractivity contribution is -0.141. The molecule has 0 aliphatic heterocycles. The fourth-order valence-corrected chi connectivity index (χ4v) is 1.92. The standard InChI is InChI=1S/C15H18BrNO3/c1-10(2)9-13(15(19)20)17-14(18)8-5-11-3-6-12(16)7-4-11/h3-8,10,13H,9H2,1-2H3,(H,17,18)(H,19,20)/b8-5+/t13-/m0/s1. The Balaban J connectivity index is 2.61. The van der Waals surface area contributed by atoms with Crippen LogP contribution in [0.3, 0.4) is 0 Å². The van der Waals surface area contributed by atoms with E-state index in [1.807, 2.05) is 38.1 Å². The predicted octanol–water partition coefficient (Wildman–Crippen LogP) is 3.08. The van der Waals surface area contributed by atoms with Gasteiger partial charge in [-0.2, -0.15) is 0 Å². The third-order valence-electron chi connectivity index (χ3n) is 2.62. The number of hydrogen-bond acceptors (Lipinski definition) is 2. The molecule has 0 aliphatic rings. The minimum Gasteiger partial charge on any atom is -0.480 e. The molecule has 1 amide bonds. The molecule has 20 heavy (non-hydrogen) atoms. The molecule has 0 spiro atoms. The molecule has 5 heteroatoms. The molecule has 0 unspecified atom stereocenters.